The Bertz CT molecular complexity index is 521. The second kappa shape index (κ2) is 6.36. The minimum Gasteiger partial charge on any atom is -0.481 e. The molecule has 1 aliphatic rings. The first-order valence-electron chi connectivity index (χ1n) is 6.72. The lowest BCUT2D eigenvalue weighted by molar-refractivity contribution is -0.147. The van der Waals surface area contributed by atoms with Gasteiger partial charge in [-0.3, -0.25) is 14.3 Å². The molecule has 0 saturated heterocycles. The van der Waals surface area contributed by atoms with E-state index in [2.05, 4.69) is 10.4 Å². The maximum Gasteiger partial charge on any atom is 0.307 e. The lowest BCUT2D eigenvalue weighted by Crippen LogP contribution is -2.39. The van der Waals surface area contributed by atoms with Crippen molar-refractivity contribution < 1.29 is 14.7 Å². The Labute approximate surface area is 117 Å². The summed E-state index contributed by atoms with van der Waals surface area (Å²) in [6.45, 7) is 2.99. The molecule has 0 radical (unpaired) electrons. The van der Waals surface area contributed by atoms with E-state index in [9.17, 15) is 9.59 Å². The first-order chi connectivity index (χ1) is 9.58. The molecule has 2 rings (SSSR count). The van der Waals surface area contributed by atoms with Gasteiger partial charge in [-0.15, -0.1) is 0 Å². The molecule has 1 aromatic rings. The Kier molecular flexibility index (Phi) is 4.55. The van der Waals surface area contributed by atoms with Crippen LogP contribution < -0.4 is 5.32 Å². The van der Waals surface area contributed by atoms with Crippen LogP contribution in [-0.2, 0) is 16.1 Å². The molecule has 6 nitrogen and oxygen atoms in total. The van der Waals surface area contributed by atoms with Gasteiger partial charge in [-0.05, 0) is 25.3 Å². The quantitative estimate of drug-likeness (QED) is 0.786. The fourth-order valence-electron chi connectivity index (χ4n) is 2.39. The number of carboxylic acid groups (broad SMARTS) is 1. The summed E-state index contributed by atoms with van der Waals surface area (Å²) >= 11 is 0. The molecule has 0 spiro atoms. The summed E-state index contributed by atoms with van der Waals surface area (Å²) in [5, 5.41) is 16.1. The van der Waals surface area contributed by atoms with Crippen molar-refractivity contribution in [2.75, 3.05) is 6.54 Å². The number of amides is 1. The lowest BCUT2D eigenvalue weighted by Gasteiger charge is -2.24. The largest absolute Gasteiger partial charge is 0.481 e. The molecule has 0 bridgehead atoms. The van der Waals surface area contributed by atoms with Gasteiger partial charge in [0.25, 0.3) is 0 Å². The zero-order chi connectivity index (χ0) is 14.5. The van der Waals surface area contributed by atoms with Crippen LogP contribution in [0.5, 0.6) is 0 Å². The highest BCUT2D eigenvalue weighted by molar-refractivity contribution is 5.85. The van der Waals surface area contributed by atoms with E-state index in [-0.39, 0.29) is 5.91 Å². The number of carbonyl (C=O) groups excluding carboxylic acids is 1. The van der Waals surface area contributed by atoms with Gasteiger partial charge in [-0.25, -0.2) is 0 Å². The Morgan fingerprint density at radius 3 is 2.70 bits per heavy atom. The van der Waals surface area contributed by atoms with Gasteiger partial charge in [0.15, 0.2) is 0 Å². The number of allylic oxidation sites excluding steroid dienone is 2. The van der Waals surface area contributed by atoms with E-state index in [1.807, 2.05) is 25.3 Å². The monoisotopic (exact) mass is 277 g/mol. The number of hydrogen-bond acceptors (Lipinski definition) is 3. The lowest BCUT2D eigenvalue weighted by atomic mass is 9.82. The highest BCUT2D eigenvalue weighted by Gasteiger charge is 2.33. The van der Waals surface area contributed by atoms with Crippen LogP contribution in [0.4, 0.5) is 0 Å². The van der Waals surface area contributed by atoms with Crippen LogP contribution in [-0.4, -0.2) is 33.3 Å². The topological polar surface area (TPSA) is 84.2 Å². The van der Waals surface area contributed by atoms with Crippen LogP contribution in [0.1, 0.15) is 18.4 Å². The highest BCUT2D eigenvalue weighted by atomic mass is 16.4. The normalized spacial score (nSPS) is 21.6. The van der Waals surface area contributed by atoms with E-state index in [1.54, 1.807) is 10.9 Å². The predicted molar refractivity (Wildman–Crippen MR) is 73.0 cm³/mol. The molecule has 6 heteroatoms. The molecule has 0 fully saturated rings. The van der Waals surface area contributed by atoms with Gasteiger partial charge in [-0.1, -0.05) is 12.2 Å². The van der Waals surface area contributed by atoms with Crippen molar-refractivity contribution in [3.8, 4) is 0 Å². The molecule has 1 aromatic heterocycles. The molecule has 20 heavy (non-hydrogen) atoms. The molecule has 1 amide bonds. The van der Waals surface area contributed by atoms with Gasteiger partial charge in [-0.2, -0.15) is 5.10 Å². The van der Waals surface area contributed by atoms with Crippen molar-refractivity contribution in [1.82, 2.24) is 15.1 Å². The summed E-state index contributed by atoms with van der Waals surface area (Å²) in [5.74, 6) is -2.19. The molecule has 0 saturated carbocycles. The number of aryl methyl sites for hydroxylation is 1. The van der Waals surface area contributed by atoms with E-state index >= 15 is 0 Å². The van der Waals surface area contributed by atoms with Crippen molar-refractivity contribution in [3.63, 3.8) is 0 Å². The van der Waals surface area contributed by atoms with Gasteiger partial charge in [0.1, 0.15) is 0 Å². The predicted octanol–water partition coefficient (Wildman–Crippen LogP) is 0.975. The summed E-state index contributed by atoms with van der Waals surface area (Å²) in [6.07, 6.45) is 8.27. The molecular formula is C14H19N3O3. The average Bonchev–Trinajstić information content (AvgIpc) is 2.84. The molecule has 1 aliphatic carbocycles. The van der Waals surface area contributed by atoms with E-state index in [0.717, 1.165) is 5.56 Å². The van der Waals surface area contributed by atoms with Crippen molar-refractivity contribution in [1.29, 1.82) is 0 Å². The maximum atomic E-state index is 12.1. The third-order valence-electron chi connectivity index (χ3n) is 3.49. The minimum atomic E-state index is -0.905. The van der Waals surface area contributed by atoms with Crippen LogP contribution in [0.15, 0.2) is 24.5 Å². The van der Waals surface area contributed by atoms with Crippen LogP contribution in [0.25, 0.3) is 0 Å². The zero-order valence-corrected chi connectivity index (χ0v) is 11.5. The molecule has 2 N–H and O–H groups in total. The van der Waals surface area contributed by atoms with Crippen molar-refractivity contribution >= 4 is 11.9 Å². The second-order valence-electron chi connectivity index (χ2n) is 5.07. The van der Waals surface area contributed by atoms with Gasteiger partial charge in [0.2, 0.25) is 5.91 Å². The van der Waals surface area contributed by atoms with E-state index in [1.165, 1.54) is 0 Å². The number of nitrogens with zero attached hydrogens (tertiary/aromatic N) is 2. The first kappa shape index (κ1) is 14.3. The van der Waals surface area contributed by atoms with Crippen molar-refractivity contribution in [3.05, 3.63) is 30.1 Å². The van der Waals surface area contributed by atoms with Gasteiger partial charge >= 0.3 is 5.97 Å². The van der Waals surface area contributed by atoms with Crippen LogP contribution in [0.2, 0.25) is 0 Å². The second-order valence-corrected chi connectivity index (χ2v) is 5.07. The molecule has 108 valence electrons. The SMILES string of the molecule is Cc1cnn(CCNC(=O)C2CC=CCC2C(=O)O)c1. The number of carboxylic acids is 1. The van der Waals surface area contributed by atoms with Gasteiger partial charge < -0.3 is 10.4 Å². The number of aliphatic carboxylic acids is 1. The summed E-state index contributed by atoms with van der Waals surface area (Å²) < 4.78 is 1.76. The Morgan fingerprint density at radius 2 is 2.10 bits per heavy atom. The smallest absolute Gasteiger partial charge is 0.307 e. The minimum absolute atomic E-state index is 0.189. The molecule has 0 aliphatic heterocycles. The number of carbonyl (C=O) groups is 2. The third-order valence-corrected chi connectivity index (χ3v) is 3.49. The Morgan fingerprint density at radius 1 is 1.40 bits per heavy atom. The van der Waals surface area contributed by atoms with Crippen LogP contribution in [0, 0.1) is 18.8 Å². The Balaban J connectivity index is 1.84. The molecule has 1 heterocycles. The summed E-state index contributed by atoms with van der Waals surface area (Å²) in [7, 11) is 0. The van der Waals surface area contributed by atoms with E-state index in [0.29, 0.717) is 25.9 Å². The first-order valence-corrected chi connectivity index (χ1v) is 6.72. The number of nitrogens with one attached hydrogen (secondary N) is 1. The summed E-state index contributed by atoms with van der Waals surface area (Å²) in [6, 6.07) is 0. The van der Waals surface area contributed by atoms with E-state index < -0.39 is 17.8 Å². The third kappa shape index (κ3) is 3.46. The summed E-state index contributed by atoms with van der Waals surface area (Å²) in [5.41, 5.74) is 1.07. The molecule has 2 unspecified atom stereocenters. The zero-order valence-electron chi connectivity index (χ0n) is 11.5. The van der Waals surface area contributed by atoms with Crippen LogP contribution >= 0.6 is 0 Å². The summed E-state index contributed by atoms with van der Waals surface area (Å²) in [4.78, 5) is 23.2. The molecular weight excluding hydrogens is 258 g/mol. The van der Waals surface area contributed by atoms with Crippen LogP contribution in [0.3, 0.4) is 0 Å². The fourth-order valence-corrected chi connectivity index (χ4v) is 2.39. The average molecular weight is 277 g/mol. The van der Waals surface area contributed by atoms with Crippen molar-refractivity contribution in [2.24, 2.45) is 11.8 Å². The number of aromatic nitrogens is 2. The van der Waals surface area contributed by atoms with E-state index in [4.69, 9.17) is 5.11 Å². The number of hydrogen-bond donors (Lipinski definition) is 2. The fraction of sp³-hybridized carbons (Fsp3) is 0.500. The highest BCUT2D eigenvalue weighted by Crippen LogP contribution is 2.25. The Hall–Kier alpha value is -2.11. The van der Waals surface area contributed by atoms with Gasteiger partial charge in [0, 0.05) is 12.7 Å². The molecule has 2 atom stereocenters. The number of rotatable bonds is 5. The standard InChI is InChI=1S/C14H19N3O3/c1-10-8-16-17(9-10)7-6-15-13(18)11-4-2-3-5-12(11)14(19)20/h2-3,8-9,11-12H,4-7H2,1H3,(H,15,18)(H,19,20). The molecule has 0 aromatic carbocycles. The maximum absolute atomic E-state index is 12.1. The van der Waals surface area contributed by atoms with Gasteiger partial charge in [0.05, 0.1) is 24.6 Å². The van der Waals surface area contributed by atoms with Crippen molar-refractivity contribution in [2.45, 2.75) is 26.3 Å².